The molecule has 0 bridgehead atoms. The van der Waals surface area contributed by atoms with Crippen molar-refractivity contribution >= 4 is 0 Å². The van der Waals surface area contributed by atoms with E-state index in [2.05, 4.69) is 34.6 Å². The van der Waals surface area contributed by atoms with Crippen molar-refractivity contribution in [2.24, 2.45) is 52.3 Å². The van der Waals surface area contributed by atoms with Crippen LogP contribution in [0.15, 0.2) is 0 Å². The number of epoxide rings is 1. The maximum Gasteiger partial charge on any atom is 0.0847 e. The largest absolute Gasteiger partial charge is 0.370 e. The fourth-order valence-electron chi connectivity index (χ4n) is 9.54. The second-order valence-corrected chi connectivity index (χ2v) is 12.8. The highest BCUT2D eigenvalue weighted by Gasteiger charge is 2.63. The summed E-state index contributed by atoms with van der Waals surface area (Å²) in [5.41, 5.74) is 1.25. The molecule has 28 heavy (non-hydrogen) atoms. The lowest BCUT2D eigenvalue weighted by molar-refractivity contribution is -0.110. The summed E-state index contributed by atoms with van der Waals surface area (Å²) in [6, 6.07) is 0. The van der Waals surface area contributed by atoms with Gasteiger partial charge in [0.05, 0.1) is 12.2 Å². The first kappa shape index (κ1) is 19.9. The van der Waals surface area contributed by atoms with Crippen LogP contribution in [0.1, 0.15) is 105 Å². The van der Waals surface area contributed by atoms with Gasteiger partial charge in [0.25, 0.3) is 0 Å². The van der Waals surface area contributed by atoms with Gasteiger partial charge in [-0.3, -0.25) is 0 Å². The molecule has 7 unspecified atom stereocenters. The van der Waals surface area contributed by atoms with Crippen LogP contribution in [0.5, 0.6) is 0 Å². The van der Waals surface area contributed by atoms with Crippen molar-refractivity contribution in [1.82, 2.24) is 0 Å². The molecule has 160 valence electrons. The van der Waals surface area contributed by atoms with Gasteiger partial charge in [0.1, 0.15) is 0 Å². The summed E-state index contributed by atoms with van der Waals surface area (Å²) >= 11 is 0. The lowest BCUT2D eigenvalue weighted by atomic mass is 9.44. The minimum atomic E-state index is 0.600. The first-order valence-corrected chi connectivity index (χ1v) is 13.0. The molecule has 4 aliphatic carbocycles. The maximum atomic E-state index is 6.02. The Morgan fingerprint density at radius 2 is 1.64 bits per heavy atom. The maximum absolute atomic E-state index is 6.02. The summed E-state index contributed by atoms with van der Waals surface area (Å²) in [6.07, 6.45) is 17.6. The van der Waals surface area contributed by atoms with E-state index in [0.717, 1.165) is 41.4 Å². The zero-order valence-corrected chi connectivity index (χ0v) is 19.4. The Morgan fingerprint density at radius 1 is 0.857 bits per heavy atom. The van der Waals surface area contributed by atoms with Gasteiger partial charge in [-0.1, -0.05) is 53.9 Å². The van der Waals surface area contributed by atoms with Crippen molar-refractivity contribution in [3.05, 3.63) is 0 Å². The molecular weight excluding hydrogens is 340 g/mol. The summed E-state index contributed by atoms with van der Waals surface area (Å²) in [5, 5.41) is 0. The molecule has 0 amide bonds. The molecule has 5 aliphatic rings. The minimum absolute atomic E-state index is 0.600. The van der Waals surface area contributed by atoms with E-state index >= 15 is 0 Å². The van der Waals surface area contributed by atoms with Gasteiger partial charge in [0.2, 0.25) is 0 Å². The Hall–Kier alpha value is -0.0400. The van der Waals surface area contributed by atoms with Gasteiger partial charge in [-0.2, -0.15) is 0 Å². The standard InChI is InChI=1S/C27H46O/c1-17(2)7-6-8-18(3)21-11-12-22-20-10-9-19-15-24-25(28-24)16-27(19,5)23(20)13-14-26(21,22)4/h17-25H,6-16H2,1-5H3/t18?,19-,20?,21?,22?,23?,24-,25+,26?,27?/m0/s1. The summed E-state index contributed by atoms with van der Waals surface area (Å²) in [4.78, 5) is 0. The van der Waals surface area contributed by atoms with Gasteiger partial charge < -0.3 is 4.74 Å². The smallest absolute Gasteiger partial charge is 0.0847 e. The zero-order chi connectivity index (χ0) is 19.7. The molecule has 0 radical (unpaired) electrons. The molecule has 0 aromatic rings. The van der Waals surface area contributed by atoms with Gasteiger partial charge in [-0.15, -0.1) is 0 Å². The van der Waals surface area contributed by atoms with Crippen molar-refractivity contribution in [3.63, 3.8) is 0 Å². The van der Waals surface area contributed by atoms with Gasteiger partial charge in [0, 0.05) is 0 Å². The molecule has 10 atom stereocenters. The van der Waals surface area contributed by atoms with Crippen LogP contribution in [-0.4, -0.2) is 12.2 Å². The molecule has 1 heterocycles. The Morgan fingerprint density at radius 3 is 2.43 bits per heavy atom. The van der Waals surface area contributed by atoms with Crippen molar-refractivity contribution in [1.29, 1.82) is 0 Å². The quantitative estimate of drug-likeness (QED) is 0.446. The zero-order valence-electron chi connectivity index (χ0n) is 19.4. The number of fused-ring (bicyclic) bond motifs is 6. The summed E-state index contributed by atoms with van der Waals surface area (Å²) < 4.78 is 6.02. The van der Waals surface area contributed by atoms with E-state index in [1.165, 1.54) is 64.2 Å². The summed E-state index contributed by atoms with van der Waals surface area (Å²) in [7, 11) is 0. The normalized spacial score (nSPS) is 53.1. The van der Waals surface area contributed by atoms with Crippen LogP contribution in [0.3, 0.4) is 0 Å². The predicted octanol–water partition coefficient (Wildman–Crippen LogP) is 7.49. The average Bonchev–Trinajstić information content (AvgIpc) is 3.27. The Kier molecular flexibility index (Phi) is 4.97. The van der Waals surface area contributed by atoms with E-state index in [4.69, 9.17) is 4.74 Å². The molecule has 1 saturated heterocycles. The molecule has 1 aliphatic heterocycles. The third-order valence-corrected chi connectivity index (χ3v) is 11.1. The first-order valence-electron chi connectivity index (χ1n) is 13.0. The van der Waals surface area contributed by atoms with Crippen LogP contribution in [-0.2, 0) is 4.74 Å². The van der Waals surface area contributed by atoms with Crippen LogP contribution in [0.25, 0.3) is 0 Å². The molecule has 5 rings (SSSR count). The number of hydrogen-bond donors (Lipinski definition) is 0. The van der Waals surface area contributed by atoms with Crippen molar-refractivity contribution < 1.29 is 4.74 Å². The van der Waals surface area contributed by atoms with Crippen molar-refractivity contribution in [2.75, 3.05) is 0 Å². The van der Waals surface area contributed by atoms with Gasteiger partial charge >= 0.3 is 0 Å². The van der Waals surface area contributed by atoms with Gasteiger partial charge in [-0.25, -0.2) is 0 Å². The molecule has 0 N–H and O–H groups in total. The molecule has 1 heteroatoms. The van der Waals surface area contributed by atoms with E-state index in [9.17, 15) is 0 Å². The topological polar surface area (TPSA) is 12.5 Å². The first-order chi connectivity index (χ1) is 13.3. The van der Waals surface area contributed by atoms with E-state index in [1.807, 2.05) is 0 Å². The SMILES string of the molecule is CC(C)CCCC(C)C1CCC2C3CC[C@H]4C[C@@H]5O[C@@H]5CC4(C)C3CCC12C. The molecule has 4 saturated carbocycles. The fraction of sp³-hybridized carbons (Fsp3) is 1.00. The lowest BCUT2D eigenvalue weighted by Gasteiger charge is -2.60. The predicted molar refractivity (Wildman–Crippen MR) is 117 cm³/mol. The molecule has 0 aromatic heterocycles. The van der Waals surface area contributed by atoms with Crippen LogP contribution in [0.2, 0.25) is 0 Å². The summed E-state index contributed by atoms with van der Waals surface area (Å²) in [5.74, 6) is 6.84. The second kappa shape index (κ2) is 7.00. The van der Waals surface area contributed by atoms with Crippen LogP contribution < -0.4 is 0 Å². The molecule has 1 nitrogen and oxygen atoms in total. The lowest BCUT2D eigenvalue weighted by Crippen LogP contribution is -2.54. The van der Waals surface area contributed by atoms with Crippen LogP contribution in [0.4, 0.5) is 0 Å². The molecule has 0 aromatic carbocycles. The number of ether oxygens (including phenoxy) is 1. The average molecular weight is 387 g/mol. The van der Waals surface area contributed by atoms with E-state index in [0.29, 0.717) is 23.0 Å². The molecule has 0 spiro atoms. The molecule has 5 fully saturated rings. The highest BCUT2D eigenvalue weighted by molar-refractivity contribution is 5.12. The van der Waals surface area contributed by atoms with Gasteiger partial charge in [-0.05, 0) is 104 Å². The van der Waals surface area contributed by atoms with E-state index in [1.54, 1.807) is 6.42 Å². The van der Waals surface area contributed by atoms with E-state index in [-0.39, 0.29) is 0 Å². The Labute approximate surface area is 174 Å². The van der Waals surface area contributed by atoms with Crippen molar-refractivity contribution in [2.45, 2.75) is 117 Å². The third kappa shape index (κ3) is 3.04. The van der Waals surface area contributed by atoms with Crippen molar-refractivity contribution in [3.8, 4) is 0 Å². The second-order valence-electron chi connectivity index (χ2n) is 12.8. The highest BCUT2D eigenvalue weighted by Crippen LogP contribution is 2.69. The van der Waals surface area contributed by atoms with E-state index < -0.39 is 0 Å². The monoisotopic (exact) mass is 386 g/mol. The fourth-order valence-corrected chi connectivity index (χ4v) is 9.54. The van der Waals surface area contributed by atoms with Crippen LogP contribution in [0, 0.1) is 52.3 Å². The summed E-state index contributed by atoms with van der Waals surface area (Å²) in [6.45, 7) is 12.8. The minimum Gasteiger partial charge on any atom is -0.370 e. The number of rotatable bonds is 5. The molecular formula is C27H46O. The third-order valence-electron chi connectivity index (χ3n) is 11.1. The number of hydrogen-bond acceptors (Lipinski definition) is 1. The van der Waals surface area contributed by atoms with Crippen LogP contribution >= 0.6 is 0 Å². The Bertz CT molecular complexity index is 583. The van der Waals surface area contributed by atoms with Gasteiger partial charge in [0.15, 0.2) is 0 Å². The highest BCUT2D eigenvalue weighted by atomic mass is 16.6. The Balaban J connectivity index is 1.30.